The van der Waals surface area contributed by atoms with Crippen LogP contribution in [0.15, 0.2) is 47.3 Å². The van der Waals surface area contributed by atoms with E-state index in [9.17, 15) is 4.79 Å². The van der Waals surface area contributed by atoms with Crippen molar-refractivity contribution < 1.29 is 4.79 Å². The first-order chi connectivity index (χ1) is 14.1. The third-order valence-corrected chi connectivity index (χ3v) is 5.11. The summed E-state index contributed by atoms with van der Waals surface area (Å²) >= 11 is 4.44. The molecule has 0 aliphatic carbocycles. The van der Waals surface area contributed by atoms with E-state index in [0.29, 0.717) is 37.0 Å². The van der Waals surface area contributed by atoms with Crippen LogP contribution >= 0.6 is 27.3 Å². The van der Waals surface area contributed by atoms with Crippen LogP contribution in [-0.2, 0) is 0 Å². The Morgan fingerprint density at radius 1 is 1.07 bits per heavy atom. The molecule has 0 saturated carbocycles. The second-order valence-electron chi connectivity index (χ2n) is 5.62. The number of amides is 1. The van der Waals surface area contributed by atoms with Crippen LogP contribution in [0.4, 0.5) is 16.6 Å². The average molecular weight is 462 g/mol. The smallest absolute Gasteiger partial charge is 0.270 e. The summed E-state index contributed by atoms with van der Waals surface area (Å²) in [6.07, 6.45) is 2.86. The number of pyridine rings is 1. The lowest BCUT2D eigenvalue weighted by atomic mass is 9.99. The highest BCUT2D eigenvalue weighted by Gasteiger charge is 2.19. The zero-order valence-electron chi connectivity index (χ0n) is 14.4. The van der Waals surface area contributed by atoms with Crippen LogP contribution in [0, 0.1) is 13.1 Å². The number of benzene rings is 1. The van der Waals surface area contributed by atoms with E-state index in [0.717, 1.165) is 0 Å². The van der Waals surface area contributed by atoms with Gasteiger partial charge in [-0.25, -0.2) is 14.8 Å². The Kier molecular flexibility index (Phi) is 4.96. The fourth-order valence-corrected chi connectivity index (χ4v) is 3.82. The van der Waals surface area contributed by atoms with Crippen molar-refractivity contribution >= 4 is 60.3 Å². The van der Waals surface area contributed by atoms with Crippen molar-refractivity contribution in [3.63, 3.8) is 0 Å². The maximum absolute atomic E-state index is 13.0. The SMILES string of the molecule is [C-]#[N+]c1cc(-c2ccccc2[N+]#[C-])c(C(=O)Nc2nc3ncc(Br)nc3s2)cn1. The molecule has 0 saturated heterocycles. The highest BCUT2D eigenvalue weighted by atomic mass is 79.9. The quantitative estimate of drug-likeness (QED) is 0.420. The number of rotatable bonds is 3. The summed E-state index contributed by atoms with van der Waals surface area (Å²) in [4.78, 5) is 37.1. The van der Waals surface area contributed by atoms with Crippen molar-refractivity contribution in [2.75, 3.05) is 5.32 Å². The van der Waals surface area contributed by atoms with Crippen molar-refractivity contribution in [2.45, 2.75) is 0 Å². The molecule has 0 fully saturated rings. The molecular formula is C19H8BrN7OS. The van der Waals surface area contributed by atoms with Gasteiger partial charge in [-0.1, -0.05) is 42.2 Å². The maximum atomic E-state index is 13.0. The lowest BCUT2D eigenvalue weighted by Crippen LogP contribution is -2.13. The zero-order valence-corrected chi connectivity index (χ0v) is 16.8. The number of carbonyl (C=O) groups is 1. The summed E-state index contributed by atoms with van der Waals surface area (Å²) in [6.45, 7) is 14.6. The second-order valence-corrected chi connectivity index (χ2v) is 7.41. The van der Waals surface area contributed by atoms with E-state index in [-0.39, 0.29) is 11.4 Å². The third kappa shape index (κ3) is 3.67. The number of para-hydroxylation sites is 1. The van der Waals surface area contributed by atoms with Gasteiger partial charge in [0, 0.05) is 0 Å². The van der Waals surface area contributed by atoms with Crippen LogP contribution in [0.25, 0.3) is 31.3 Å². The van der Waals surface area contributed by atoms with Gasteiger partial charge in [0.1, 0.15) is 10.8 Å². The Hall–Kier alpha value is -3.73. The van der Waals surface area contributed by atoms with Gasteiger partial charge in [0.05, 0.1) is 18.3 Å². The molecule has 0 aliphatic heterocycles. The topological polar surface area (TPSA) is 89.4 Å². The molecule has 0 spiro atoms. The molecule has 0 unspecified atom stereocenters. The van der Waals surface area contributed by atoms with Crippen LogP contribution in [0.3, 0.4) is 0 Å². The number of nitrogens with one attached hydrogen (secondary N) is 1. The number of halogens is 1. The van der Waals surface area contributed by atoms with E-state index >= 15 is 0 Å². The number of thiazole rings is 1. The van der Waals surface area contributed by atoms with E-state index in [1.54, 1.807) is 24.3 Å². The Bertz CT molecular complexity index is 1350. The normalized spacial score (nSPS) is 10.3. The number of fused-ring (bicyclic) bond motifs is 1. The Morgan fingerprint density at radius 2 is 1.90 bits per heavy atom. The fraction of sp³-hybridized carbons (Fsp3) is 0. The lowest BCUT2D eigenvalue weighted by molar-refractivity contribution is 0.102. The number of anilines is 1. The van der Waals surface area contributed by atoms with Gasteiger partial charge in [-0.05, 0) is 33.1 Å². The first-order valence-corrected chi connectivity index (χ1v) is 9.65. The molecule has 1 N–H and O–H groups in total. The van der Waals surface area contributed by atoms with Crippen molar-refractivity contribution in [2.24, 2.45) is 0 Å². The van der Waals surface area contributed by atoms with Gasteiger partial charge in [0.2, 0.25) is 0 Å². The number of hydrogen-bond acceptors (Lipinski definition) is 6. The molecule has 29 heavy (non-hydrogen) atoms. The molecule has 0 aliphatic rings. The molecule has 1 amide bonds. The molecule has 0 bridgehead atoms. The van der Waals surface area contributed by atoms with Crippen molar-refractivity contribution in [1.29, 1.82) is 0 Å². The van der Waals surface area contributed by atoms with Gasteiger partial charge < -0.3 is 4.85 Å². The zero-order chi connectivity index (χ0) is 20.4. The van der Waals surface area contributed by atoms with E-state index < -0.39 is 5.91 Å². The minimum Gasteiger partial charge on any atom is -0.361 e. The van der Waals surface area contributed by atoms with Crippen molar-refractivity contribution in [1.82, 2.24) is 19.9 Å². The van der Waals surface area contributed by atoms with Crippen molar-refractivity contribution in [3.8, 4) is 11.1 Å². The monoisotopic (exact) mass is 461 g/mol. The minimum atomic E-state index is -0.457. The van der Waals surface area contributed by atoms with Crippen LogP contribution in [0.5, 0.6) is 0 Å². The fourth-order valence-electron chi connectivity index (χ4n) is 2.63. The second kappa shape index (κ2) is 7.72. The number of nitrogens with zero attached hydrogens (tertiary/aromatic N) is 6. The standard InChI is InChI=1S/C19H8BrN7OS/c1-21-13-6-4-3-5-10(13)11-7-15(22-2)23-8-12(11)17(28)27-19-26-16-18(29-19)25-14(20)9-24-16/h3-9H,(H,24,26,27,28). The summed E-state index contributed by atoms with van der Waals surface area (Å²) < 4.78 is 0.573. The van der Waals surface area contributed by atoms with Gasteiger partial charge in [0.25, 0.3) is 11.7 Å². The van der Waals surface area contributed by atoms with Crippen LogP contribution < -0.4 is 5.32 Å². The molecule has 10 heteroatoms. The number of hydrogen-bond donors (Lipinski definition) is 1. The van der Waals surface area contributed by atoms with Crippen LogP contribution in [0.2, 0.25) is 0 Å². The molecule has 4 aromatic rings. The summed E-state index contributed by atoms with van der Waals surface area (Å²) in [7, 11) is 0. The summed E-state index contributed by atoms with van der Waals surface area (Å²) in [5.74, 6) is -0.323. The molecule has 3 heterocycles. The number of carbonyl (C=O) groups excluding carboxylic acids is 1. The molecule has 0 atom stereocenters. The van der Waals surface area contributed by atoms with Gasteiger partial charge in [-0.3, -0.25) is 10.1 Å². The highest BCUT2D eigenvalue weighted by Crippen LogP contribution is 2.35. The highest BCUT2D eigenvalue weighted by molar-refractivity contribution is 9.10. The molecule has 8 nitrogen and oxygen atoms in total. The summed E-state index contributed by atoms with van der Waals surface area (Å²) in [5.41, 5.74) is 2.04. The van der Waals surface area contributed by atoms with E-state index in [1.807, 2.05) is 0 Å². The average Bonchev–Trinajstić information content (AvgIpc) is 3.14. The first kappa shape index (κ1) is 18.6. The third-order valence-electron chi connectivity index (χ3n) is 3.88. The Balaban J connectivity index is 1.76. The number of aromatic nitrogens is 4. The van der Waals surface area contributed by atoms with Gasteiger partial charge in [-0.15, -0.1) is 4.98 Å². The summed E-state index contributed by atoms with van der Waals surface area (Å²) in [5, 5.41) is 3.07. The molecular weight excluding hydrogens is 454 g/mol. The van der Waals surface area contributed by atoms with E-state index in [4.69, 9.17) is 13.1 Å². The molecule has 4 rings (SSSR count). The molecule has 138 valence electrons. The molecule has 3 aromatic heterocycles. The summed E-state index contributed by atoms with van der Waals surface area (Å²) in [6, 6.07) is 8.41. The van der Waals surface area contributed by atoms with Gasteiger partial charge in [0.15, 0.2) is 21.3 Å². The van der Waals surface area contributed by atoms with Gasteiger partial charge >= 0.3 is 0 Å². The predicted molar refractivity (Wildman–Crippen MR) is 113 cm³/mol. The van der Waals surface area contributed by atoms with Gasteiger partial charge in [-0.2, -0.15) is 4.98 Å². The lowest BCUT2D eigenvalue weighted by Gasteiger charge is -2.10. The van der Waals surface area contributed by atoms with E-state index in [2.05, 4.69) is 50.9 Å². The molecule has 0 radical (unpaired) electrons. The minimum absolute atomic E-state index is 0.134. The predicted octanol–water partition coefficient (Wildman–Crippen LogP) is 5.26. The Morgan fingerprint density at radius 3 is 2.69 bits per heavy atom. The maximum Gasteiger partial charge on any atom is 0.270 e. The first-order valence-electron chi connectivity index (χ1n) is 8.04. The van der Waals surface area contributed by atoms with E-state index in [1.165, 1.54) is 29.8 Å². The molecule has 1 aromatic carbocycles. The largest absolute Gasteiger partial charge is 0.361 e. The van der Waals surface area contributed by atoms with Crippen molar-refractivity contribution in [3.05, 3.63) is 75.7 Å². The Labute approximate surface area is 177 Å². The van der Waals surface area contributed by atoms with Crippen LogP contribution in [-0.4, -0.2) is 25.8 Å². The van der Waals surface area contributed by atoms with Crippen LogP contribution in [0.1, 0.15) is 10.4 Å².